The molecule has 184 valence electrons. The highest BCUT2D eigenvalue weighted by molar-refractivity contribution is 6.36. The Kier molecular flexibility index (Phi) is 6.10. The first-order valence-electron chi connectivity index (χ1n) is 11.2. The summed E-state index contributed by atoms with van der Waals surface area (Å²) >= 11 is 6.74. The van der Waals surface area contributed by atoms with Crippen LogP contribution in [0.15, 0.2) is 18.3 Å². The highest BCUT2D eigenvalue weighted by Gasteiger charge is 2.29. The van der Waals surface area contributed by atoms with E-state index in [1.807, 2.05) is 6.07 Å². The van der Waals surface area contributed by atoms with Crippen LogP contribution in [-0.4, -0.2) is 67.2 Å². The molecule has 1 aliphatic heterocycles. The molecule has 0 spiro atoms. The minimum Gasteiger partial charge on any atom is -0.465 e. The van der Waals surface area contributed by atoms with E-state index >= 15 is 0 Å². The molecule has 1 aliphatic carbocycles. The number of nitrogens with one attached hydrogen (secondary N) is 3. The molecular weight excluding hydrogens is 488 g/mol. The van der Waals surface area contributed by atoms with Crippen LogP contribution >= 0.6 is 11.6 Å². The maximum absolute atomic E-state index is 11.1. The second-order valence-electron chi connectivity index (χ2n) is 8.73. The number of piperidine rings is 1. The topological polar surface area (TPSA) is 188 Å². The van der Waals surface area contributed by atoms with E-state index in [0.29, 0.717) is 22.8 Å². The zero-order chi connectivity index (χ0) is 25.4. The van der Waals surface area contributed by atoms with E-state index in [1.165, 1.54) is 10.7 Å². The van der Waals surface area contributed by atoms with Gasteiger partial charge in [0.25, 0.3) is 0 Å². The predicted octanol–water partition coefficient (Wildman–Crippen LogP) is 2.05. The Balaban J connectivity index is 1.51. The van der Waals surface area contributed by atoms with Crippen LogP contribution < -0.4 is 20.9 Å². The zero-order valence-corrected chi connectivity index (χ0v) is 19.6. The first-order chi connectivity index (χ1) is 17.3. The van der Waals surface area contributed by atoms with Gasteiger partial charge in [-0.25, -0.2) is 9.78 Å². The lowest BCUT2D eigenvalue weighted by Gasteiger charge is -2.37. The molecule has 2 aromatic heterocycles. The first-order valence-corrected chi connectivity index (χ1v) is 11.6. The van der Waals surface area contributed by atoms with Gasteiger partial charge in [-0.05, 0) is 31.4 Å². The quantitative estimate of drug-likeness (QED) is 0.327. The van der Waals surface area contributed by atoms with Crippen LogP contribution in [0.25, 0.3) is 5.65 Å². The summed E-state index contributed by atoms with van der Waals surface area (Å²) in [7, 11) is 0. The summed E-state index contributed by atoms with van der Waals surface area (Å²) < 4.78 is 1.38. The number of hydrogen-bond acceptors (Lipinski definition) is 10. The van der Waals surface area contributed by atoms with E-state index in [-0.39, 0.29) is 47.8 Å². The number of halogens is 1. The standard InChI is InChI=1S/C22H21ClN10O3/c23-18-16(3-11(6-24)4-17(18)32-9-13(28-22(35)36)5-15(34)10-32)29-21-30-19(27-12-1-2-12)20-26-8-14(7-25)33(20)31-21/h3-4,8,12-13,15,28,34H,1-2,5,9-10H2,(H,35,36)(H2,27,29,30,31)/t13-,15-/m0/s1. The maximum atomic E-state index is 11.1. The number of rotatable bonds is 6. The van der Waals surface area contributed by atoms with Gasteiger partial charge in [-0.3, -0.25) is 0 Å². The Morgan fingerprint density at radius 1 is 1.19 bits per heavy atom. The second kappa shape index (κ2) is 9.37. The third-order valence-electron chi connectivity index (χ3n) is 5.92. The van der Waals surface area contributed by atoms with Gasteiger partial charge in [0.05, 0.1) is 46.4 Å². The van der Waals surface area contributed by atoms with Crippen LogP contribution in [0, 0.1) is 22.7 Å². The molecule has 2 atom stereocenters. The highest BCUT2D eigenvalue weighted by atomic mass is 35.5. The van der Waals surface area contributed by atoms with Gasteiger partial charge in [0, 0.05) is 19.1 Å². The fourth-order valence-corrected chi connectivity index (χ4v) is 4.47. The highest BCUT2D eigenvalue weighted by Crippen LogP contribution is 2.37. The molecule has 1 saturated heterocycles. The summed E-state index contributed by atoms with van der Waals surface area (Å²) in [5, 5.41) is 51.8. The van der Waals surface area contributed by atoms with Gasteiger partial charge in [0.15, 0.2) is 17.2 Å². The zero-order valence-electron chi connectivity index (χ0n) is 18.8. The number of hydrogen-bond donors (Lipinski definition) is 5. The number of β-amino-alcohol motifs (C(OH)–C–C–N with tert-alkyl or cyclic N) is 1. The maximum Gasteiger partial charge on any atom is 0.404 e. The normalized spacial score (nSPS) is 19.4. The van der Waals surface area contributed by atoms with Gasteiger partial charge in [-0.1, -0.05) is 11.6 Å². The lowest BCUT2D eigenvalue weighted by atomic mass is 10.0. The van der Waals surface area contributed by atoms with Crippen molar-refractivity contribution in [2.75, 3.05) is 28.6 Å². The van der Waals surface area contributed by atoms with Gasteiger partial charge < -0.3 is 31.1 Å². The van der Waals surface area contributed by atoms with Crippen molar-refractivity contribution in [3.8, 4) is 12.1 Å². The van der Waals surface area contributed by atoms with Crippen LogP contribution in [0.1, 0.15) is 30.5 Å². The Morgan fingerprint density at radius 2 is 2.00 bits per heavy atom. The summed E-state index contributed by atoms with van der Waals surface area (Å²) in [4.78, 5) is 21.6. The van der Waals surface area contributed by atoms with Gasteiger partial charge in [-0.15, -0.1) is 5.10 Å². The molecule has 1 aromatic carbocycles. The number of benzene rings is 1. The van der Waals surface area contributed by atoms with Crippen molar-refractivity contribution in [3.05, 3.63) is 34.6 Å². The lowest BCUT2D eigenvalue weighted by molar-refractivity contribution is 0.132. The van der Waals surface area contributed by atoms with Gasteiger partial charge in [-0.2, -0.15) is 20.0 Å². The number of aliphatic hydroxyl groups excluding tert-OH is 1. The molecule has 1 amide bonds. The number of carboxylic acid groups (broad SMARTS) is 1. The summed E-state index contributed by atoms with van der Waals surface area (Å²) in [5.41, 5.74) is 1.72. The molecule has 0 bridgehead atoms. The molecule has 2 fully saturated rings. The number of aliphatic hydroxyl groups is 1. The molecule has 3 aromatic rings. The van der Waals surface area contributed by atoms with Crippen LogP contribution in [0.4, 0.5) is 27.9 Å². The van der Waals surface area contributed by atoms with Crippen molar-refractivity contribution >= 4 is 46.5 Å². The minimum atomic E-state index is -1.19. The van der Waals surface area contributed by atoms with E-state index in [4.69, 9.17) is 16.7 Å². The Labute approximate surface area is 209 Å². The molecule has 3 heterocycles. The number of nitrogens with zero attached hydrogens (tertiary/aromatic N) is 7. The average Bonchev–Trinajstić information content (AvgIpc) is 3.55. The monoisotopic (exact) mass is 508 g/mol. The number of fused-ring (bicyclic) bond motifs is 1. The smallest absolute Gasteiger partial charge is 0.404 e. The predicted molar refractivity (Wildman–Crippen MR) is 129 cm³/mol. The van der Waals surface area contributed by atoms with Crippen molar-refractivity contribution in [2.45, 2.75) is 37.5 Å². The van der Waals surface area contributed by atoms with Crippen molar-refractivity contribution in [2.24, 2.45) is 0 Å². The molecule has 13 nitrogen and oxygen atoms in total. The van der Waals surface area contributed by atoms with Crippen molar-refractivity contribution in [3.63, 3.8) is 0 Å². The third-order valence-corrected chi connectivity index (χ3v) is 6.32. The van der Waals surface area contributed by atoms with E-state index in [1.54, 1.807) is 17.0 Å². The van der Waals surface area contributed by atoms with Crippen molar-refractivity contribution < 1.29 is 15.0 Å². The number of carbonyl (C=O) groups is 1. The van der Waals surface area contributed by atoms with Gasteiger partial charge >= 0.3 is 6.09 Å². The van der Waals surface area contributed by atoms with Crippen molar-refractivity contribution in [1.29, 1.82) is 10.5 Å². The van der Waals surface area contributed by atoms with Crippen LogP contribution in [0.3, 0.4) is 0 Å². The van der Waals surface area contributed by atoms with E-state index in [0.717, 1.165) is 12.8 Å². The fourth-order valence-electron chi connectivity index (χ4n) is 4.19. The van der Waals surface area contributed by atoms with Gasteiger partial charge in [0.1, 0.15) is 6.07 Å². The second-order valence-corrected chi connectivity index (χ2v) is 9.11. The van der Waals surface area contributed by atoms with Crippen molar-refractivity contribution in [1.82, 2.24) is 24.9 Å². The molecule has 0 radical (unpaired) electrons. The first kappa shape index (κ1) is 23.4. The fraction of sp³-hybridized carbons (Fsp3) is 0.364. The van der Waals surface area contributed by atoms with Gasteiger partial charge in [0.2, 0.25) is 5.95 Å². The number of aromatic nitrogens is 4. The molecule has 5 rings (SSSR count). The third kappa shape index (κ3) is 4.75. The summed E-state index contributed by atoms with van der Waals surface area (Å²) in [6, 6.07) is 7.02. The molecule has 1 saturated carbocycles. The number of anilines is 4. The largest absolute Gasteiger partial charge is 0.465 e. The summed E-state index contributed by atoms with van der Waals surface area (Å²) in [6.45, 7) is 0.472. The molecule has 2 aliphatic rings. The molecular formula is C22H21ClN10O3. The minimum absolute atomic E-state index is 0.132. The molecule has 5 N–H and O–H groups in total. The van der Waals surface area contributed by atoms with Crippen LogP contribution in [0.2, 0.25) is 5.02 Å². The Hall–Kier alpha value is -4.33. The molecule has 14 heteroatoms. The Morgan fingerprint density at radius 3 is 2.69 bits per heavy atom. The van der Waals surface area contributed by atoms with E-state index < -0.39 is 18.2 Å². The van der Waals surface area contributed by atoms with Crippen LogP contribution in [-0.2, 0) is 0 Å². The molecule has 0 unspecified atom stereocenters. The Bertz CT molecular complexity index is 1420. The van der Waals surface area contributed by atoms with E-state index in [2.05, 4.69) is 37.1 Å². The molecule has 36 heavy (non-hydrogen) atoms. The number of amides is 1. The lowest BCUT2D eigenvalue weighted by Crippen LogP contribution is -2.52. The van der Waals surface area contributed by atoms with E-state index in [9.17, 15) is 20.4 Å². The van der Waals surface area contributed by atoms with Crippen LogP contribution in [0.5, 0.6) is 0 Å². The number of nitriles is 2. The number of imidazole rings is 1. The average molecular weight is 509 g/mol. The summed E-state index contributed by atoms with van der Waals surface area (Å²) in [6.07, 6.45) is 1.71. The summed E-state index contributed by atoms with van der Waals surface area (Å²) in [5.74, 6) is 0.596. The SMILES string of the molecule is N#Cc1cc(Nc2nc(NC3CC3)c3ncc(C#N)n3n2)c(Cl)c(N2C[C@@H](O)C[C@H](NC(=O)O)C2)c1.